The van der Waals surface area contributed by atoms with Crippen LogP contribution in [0.5, 0.6) is 0 Å². The van der Waals surface area contributed by atoms with Crippen LogP contribution in [0.1, 0.15) is 23.1 Å². The molecule has 4 rings (SSSR count). The molecule has 2 heterocycles. The summed E-state index contributed by atoms with van der Waals surface area (Å²) in [6.45, 7) is 5.30. The van der Waals surface area contributed by atoms with Crippen LogP contribution in [-0.4, -0.2) is 45.2 Å². The normalized spacial score (nSPS) is 15.2. The van der Waals surface area contributed by atoms with Gasteiger partial charge in [-0.2, -0.15) is 5.10 Å². The Balaban J connectivity index is 1.76. The standard InChI is InChI=1S/C25H25N3O2S2/c1-17-10-11-18(2)21(14-17)23-19(16-28(26-23)20-8-5-4-6-9-20)15-22-24(29)27(25(31)32-22)12-7-13-30-3/h4-6,8-11,14-16H,7,12-13H2,1-3H3/b22-15-. The molecule has 0 saturated carbocycles. The fourth-order valence-corrected chi connectivity index (χ4v) is 4.91. The summed E-state index contributed by atoms with van der Waals surface area (Å²) in [7, 11) is 1.66. The number of carbonyl (C=O) groups is 1. The van der Waals surface area contributed by atoms with Gasteiger partial charge in [-0.1, -0.05) is 59.9 Å². The molecule has 3 aromatic rings. The van der Waals surface area contributed by atoms with Crippen molar-refractivity contribution in [2.45, 2.75) is 20.3 Å². The molecule has 1 saturated heterocycles. The van der Waals surface area contributed by atoms with Crippen LogP contribution in [0.4, 0.5) is 0 Å². The van der Waals surface area contributed by atoms with Crippen molar-refractivity contribution in [1.82, 2.24) is 14.7 Å². The zero-order valence-electron chi connectivity index (χ0n) is 18.4. The SMILES string of the molecule is COCCCN1C(=O)/C(=C/c2cn(-c3ccccc3)nc2-c2cc(C)ccc2C)SC1=S. The van der Waals surface area contributed by atoms with Crippen LogP contribution >= 0.6 is 24.0 Å². The second kappa shape index (κ2) is 9.81. The number of methoxy groups -OCH3 is 1. The molecule has 1 amide bonds. The van der Waals surface area contributed by atoms with Gasteiger partial charge in [0.1, 0.15) is 10.0 Å². The molecule has 32 heavy (non-hydrogen) atoms. The van der Waals surface area contributed by atoms with Gasteiger partial charge in [-0.25, -0.2) is 4.68 Å². The van der Waals surface area contributed by atoms with Gasteiger partial charge in [0.25, 0.3) is 5.91 Å². The average Bonchev–Trinajstić information content (AvgIpc) is 3.32. The monoisotopic (exact) mass is 463 g/mol. The van der Waals surface area contributed by atoms with Crippen molar-refractivity contribution in [1.29, 1.82) is 0 Å². The summed E-state index contributed by atoms with van der Waals surface area (Å²) in [6.07, 6.45) is 4.64. The lowest BCUT2D eigenvalue weighted by Gasteiger charge is -2.13. The van der Waals surface area contributed by atoms with Gasteiger partial charge in [0.05, 0.1) is 10.6 Å². The average molecular weight is 464 g/mol. The van der Waals surface area contributed by atoms with Crippen LogP contribution in [0.3, 0.4) is 0 Å². The van der Waals surface area contributed by atoms with Crippen LogP contribution in [0.15, 0.2) is 59.6 Å². The van der Waals surface area contributed by atoms with Crippen molar-refractivity contribution in [3.8, 4) is 16.9 Å². The van der Waals surface area contributed by atoms with Crippen LogP contribution in [0.2, 0.25) is 0 Å². The van der Waals surface area contributed by atoms with Gasteiger partial charge in [0.2, 0.25) is 0 Å². The molecule has 0 N–H and O–H groups in total. The summed E-state index contributed by atoms with van der Waals surface area (Å²) in [5.74, 6) is -0.0597. The second-order valence-electron chi connectivity index (χ2n) is 7.71. The van der Waals surface area contributed by atoms with Crippen LogP contribution in [0, 0.1) is 13.8 Å². The molecule has 2 aromatic carbocycles. The van der Waals surface area contributed by atoms with E-state index in [0.29, 0.717) is 22.4 Å². The third kappa shape index (κ3) is 4.70. The predicted octanol–water partition coefficient (Wildman–Crippen LogP) is 5.39. The van der Waals surface area contributed by atoms with Gasteiger partial charge in [0.15, 0.2) is 0 Å². The molecule has 0 radical (unpaired) electrons. The van der Waals surface area contributed by atoms with E-state index in [9.17, 15) is 4.79 Å². The first-order chi connectivity index (χ1) is 15.5. The molecule has 164 valence electrons. The number of hydrogen-bond acceptors (Lipinski definition) is 5. The molecule has 1 aromatic heterocycles. The Kier molecular flexibility index (Phi) is 6.89. The van der Waals surface area contributed by atoms with Crippen LogP contribution < -0.4 is 0 Å². The minimum absolute atomic E-state index is 0.0597. The molecule has 1 aliphatic rings. The summed E-state index contributed by atoms with van der Waals surface area (Å²) in [4.78, 5) is 15.3. The Labute approximate surface area is 198 Å². The number of amides is 1. The third-order valence-corrected chi connectivity index (χ3v) is 6.68. The Morgan fingerprint density at radius 2 is 1.94 bits per heavy atom. The quantitative estimate of drug-likeness (QED) is 0.267. The number of thioether (sulfide) groups is 1. The maximum atomic E-state index is 13.0. The van der Waals surface area contributed by atoms with Crippen molar-refractivity contribution in [3.63, 3.8) is 0 Å². The highest BCUT2D eigenvalue weighted by atomic mass is 32.2. The molecule has 0 spiro atoms. The highest BCUT2D eigenvalue weighted by Gasteiger charge is 2.32. The van der Waals surface area contributed by atoms with E-state index in [2.05, 4.69) is 32.0 Å². The molecule has 0 bridgehead atoms. The Bertz CT molecular complexity index is 1190. The highest BCUT2D eigenvalue weighted by molar-refractivity contribution is 8.26. The predicted molar refractivity (Wildman–Crippen MR) is 135 cm³/mol. The summed E-state index contributed by atoms with van der Waals surface area (Å²) in [5.41, 5.74) is 6.05. The van der Waals surface area contributed by atoms with Crippen molar-refractivity contribution in [2.24, 2.45) is 0 Å². The first kappa shape index (κ1) is 22.5. The lowest BCUT2D eigenvalue weighted by molar-refractivity contribution is -0.122. The minimum atomic E-state index is -0.0597. The largest absolute Gasteiger partial charge is 0.385 e. The van der Waals surface area contributed by atoms with E-state index in [1.165, 1.54) is 11.8 Å². The minimum Gasteiger partial charge on any atom is -0.385 e. The van der Waals surface area contributed by atoms with E-state index in [4.69, 9.17) is 22.1 Å². The topological polar surface area (TPSA) is 47.4 Å². The maximum absolute atomic E-state index is 13.0. The van der Waals surface area contributed by atoms with E-state index in [-0.39, 0.29) is 5.91 Å². The Morgan fingerprint density at radius 3 is 2.69 bits per heavy atom. The number of para-hydroxylation sites is 1. The van der Waals surface area contributed by atoms with Gasteiger partial charge in [0, 0.05) is 37.6 Å². The molecule has 7 heteroatoms. The molecule has 0 unspecified atom stereocenters. The second-order valence-corrected chi connectivity index (χ2v) is 9.39. The molecule has 0 atom stereocenters. The highest BCUT2D eigenvalue weighted by Crippen LogP contribution is 2.35. The Hall–Kier alpha value is -2.74. The number of hydrogen-bond donors (Lipinski definition) is 0. The third-order valence-electron chi connectivity index (χ3n) is 5.30. The van der Waals surface area contributed by atoms with Crippen molar-refractivity contribution in [2.75, 3.05) is 20.3 Å². The smallest absolute Gasteiger partial charge is 0.266 e. The molecule has 1 fully saturated rings. The number of thiocarbonyl (C=S) groups is 1. The van der Waals surface area contributed by atoms with E-state index in [1.54, 1.807) is 12.0 Å². The van der Waals surface area contributed by atoms with E-state index in [0.717, 1.165) is 40.1 Å². The summed E-state index contributed by atoms with van der Waals surface area (Å²) < 4.78 is 7.56. The van der Waals surface area contributed by atoms with Crippen molar-refractivity contribution < 1.29 is 9.53 Å². The van der Waals surface area contributed by atoms with Gasteiger partial charge >= 0.3 is 0 Å². The lowest BCUT2D eigenvalue weighted by Crippen LogP contribution is -2.29. The number of ether oxygens (including phenoxy) is 1. The van der Waals surface area contributed by atoms with Crippen molar-refractivity contribution in [3.05, 3.63) is 76.3 Å². The zero-order valence-corrected chi connectivity index (χ0v) is 20.0. The first-order valence-electron chi connectivity index (χ1n) is 10.4. The lowest BCUT2D eigenvalue weighted by atomic mass is 10.0. The van der Waals surface area contributed by atoms with Crippen LogP contribution in [-0.2, 0) is 9.53 Å². The number of nitrogens with zero attached hydrogens (tertiary/aromatic N) is 3. The molecule has 1 aliphatic heterocycles. The fraction of sp³-hybridized carbons (Fsp3) is 0.240. The first-order valence-corrected chi connectivity index (χ1v) is 11.7. The number of rotatable bonds is 7. The van der Waals surface area contributed by atoms with Gasteiger partial charge in [-0.15, -0.1) is 0 Å². The Morgan fingerprint density at radius 1 is 1.16 bits per heavy atom. The summed E-state index contributed by atoms with van der Waals surface area (Å²) in [5, 5.41) is 4.91. The number of benzene rings is 2. The molecule has 0 aliphatic carbocycles. The zero-order chi connectivity index (χ0) is 22.7. The van der Waals surface area contributed by atoms with Gasteiger partial charge < -0.3 is 4.74 Å². The van der Waals surface area contributed by atoms with Gasteiger partial charge in [-0.3, -0.25) is 9.69 Å². The molecular weight excluding hydrogens is 438 g/mol. The van der Waals surface area contributed by atoms with Crippen molar-refractivity contribution >= 4 is 40.3 Å². The van der Waals surface area contributed by atoms with Crippen LogP contribution in [0.25, 0.3) is 23.0 Å². The maximum Gasteiger partial charge on any atom is 0.266 e. The van der Waals surface area contributed by atoms with Gasteiger partial charge in [-0.05, 0) is 50.1 Å². The van der Waals surface area contributed by atoms with E-state index < -0.39 is 0 Å². The molecule has 5 nitrogen and oxygen atoms in total. The summed E-state index contributed by atoms with van der Waals surface area (Å²) in [6, 6.07) is 16.3. The number of aromatic nitrogens is 2. The number of aryl methyl sites for hydroxylation is 2. The summed E-state index contributed by atoms with van der Waals surface area (Å²) >= 11 is 6.81. The van der Waals surface area contributed by atoms with E-state index in [1.807, 2.05) is 47.3 Å². The molecular formula is C25H25N3O2S2. The van der Waals surface area contributed by atoms with E-state index >= 15 is 0 Å². The number of carbonyl (C=O) groups excluding carboxylic acids is 1. The fourth-order valence-electron chi connectivity index (χ4n) is 3.61.